The highest BCUT2D eigenvalue weighted by molar-refractivity contribution is 7.99. The molecule has 0 N–H and O–H groups in total. The van der Waals surface area contributed by atoms with E-state index in [1.54, 1.807) is 30.3 Å². The largest absolute Gasteiger partial charge is 0.451 e. The monoisotopic (exact) mass is 369 g/mol. The molecule has 0 aliphatic heterocycles. The molecule has 1 aromatic carbocycles. The van der Waals surface area contributed by atoms with Gasteiger partial charge in [-0.05, 0) is 12.1 Å². The van der Waals surface area contributed by atoms with Crippen molar-refractivity contribution in [2.24, 2.45) is 7.05 Å². The second-order valence-corrected chi connectivity index (χ2v) is 5.88. The first-order valence-corrected chi connectivity index (χ1v) is 8.15. The first-order valence-electron chi connectivity index (χ1n) is 7.16. The van der Waals surface area contributed by atoms with Gasteiger partial charge in [-0.3, -0.25) is 4.79 Å². The fourth-order valence-corrected chi connectivity index (χ4v) is 2.85. The van der Waals surface area contributed by atoms with Crippen LogP contribution in [0.5, 0.6) is 0 Å². The summed E-state index contributed by atoms with van der Waals surface area (Å²) in [5, 5.41) is 15.3. The Morgan fingerprint density at radius 1 is 1.32 bits per heavy atom. The molecule has 0 fully saturated rings. The normalized spacial score (nSPS) is 11.2. The number of nitrogens with zero attached hydrogens (tertiary/aromatic N) is 5. The van der Waals surface area contributed by atoms with Gasteiger partial charge in [-0.15, -0.1) is 10.2 Å². The van der Waals surface area contributed by atoms with Crippen LogP contribution in [-0.2, 0) is 18.0 Å². The lowest BCUT2D eigenvalue weighted by atomic mass is 10.2. The molecule has 0 saturated carbocycles. The summed E-state index contributed by atoms with van der Waals surface area (Å²) in [7, 11) is 1.19. The van der Waals surface area contributed by atoms with Crippen molar-refractivity contribution in [2.45, 2.75) is 17.8 Å². The molecule has 0 atom stereocenters. The molecule has 0 radical (unpaired) electrons. The van der Waals surface area contributed by atoms with Crippen LogP contribution in [0.15, 0.2) is 35.5 Å². The van der Waals surface area contributed by atoms with Crippen molar-refractivity contribution in [3.05, 3.63) is 36.2 Å². The van der Waals surface area contributed by atoms with E-state index in [0.29, 0.717) is 5.69 Å². The Kier molecular flexibility index (Phi) is 6.03. The third kappa shape index (κ3) is 4.73. The van der Waals surface area contributed by atoms with Crippen molar-refractivity contribution < 1.29 is 18.0 Å². The van der Waals surface area contributed by atoms with Crippen LogP contribution in [0.2, 0.25) is 0 Å². The number of carbonyl (C=O) groups is 1. The third-order valence-corrected chi connectivity index (χ3v) is 4.23. The van der Waals surface area contributed by atoms with Gasteiger partial charge in [0.15, 0.2) is 5.16 Å². The van der Waals surface area contributed by atoms with Gasteiger partial charge in [-0.1, -0.05) is 30.0 Å². The van der Waals surface area contributed by atoms with Gasteiger partial charge >= 0.3 is 6.18 Å². The number of para-hydroxylation sites is 1. The molecular weight excluding hydrogens is 355 g/mol. The Bertz CT molecular complexity index is 770. The van der Waals surface area contributed by atoms with Gasteiger partial charge in [0, 0.05) is 19.3 Å². The van der Waals surface area contributed by atoms with Crippen molar-refractivity contribution in [3.8, 4) is 6.07 Å². The highest BCUT2D eigenvalue weighted by Crippen LogP contribution is 2.29. The lowest BCUT2D eigenvalue weighted by molar-refractivity contribution is -0.147. The maximum absolute atomic E-state index is 12.7. The molecule has 0 spiro atoms. The molecule has 0 aliphatic carbocycles. The zero-order valence-electron chi connectivity index (χ0n) is 13.2. The van der Waals surface area contributed by atoms with E-state index < -0.39 is 12.0 Å². The number of amides is 1. The molecule has 0 aliphatic rings. The Morgan fingerprint density at radius 2 is 2.00 bits per heavy atom. The van der Waals surface area contributed by atoms with Gasteiger partial charge < -0.3 is 9.47 Å². The van der Waals surface area contributed by atoms with Gasteiger partial charge in [0.2, 0.25) is 11.7 Å². The van der Waals surface area contributed by atoms with Gasteiger partial charge in [0.05, 0.1) is 18.2 Å². The number of hydrogen-bond acceptors (Lipinski definition) is 5. The summed E-state index contributed by atoms with van der Waals surface area (Å²) in [6.45, 7) is 0.201. The standard InChI is InChI=1S/C15H14F3N5OS/c1-22-13(15(16,17)18)20-21-14(22)25-10-12(24)23(9-5-8-19)11-6-3-2-4-7-11/h2-4,6-7H,5,9-10H2,1H3. The van der Waals surface area contributed by atoms with E-state index in [1.165, 1.54) is 11.9 Å². The number of aromatic nitrogens is 3. The average Bonchev–Trinajstić information content (AvgIpc) is 2.95. The number of anilines is 1. The molecule has 1 amide bonds. The molecule has 2 aromatic rings. The van der Waals surface area contributed by atoms with Gasteiger partial charge in [0.1, 0.15) is 0 Å². The summed E-state index contributed by atoms with van der Waals surface area (Å²) in [4.78, 5) is 13.9. The van der Waals surface area contributed by atoms with Crippen molar-refractivity contribution in [1.29, 1.82) is 5.26 Å². The van der Waals surface area contributed by atoms with E-state index >= 15 is 0 Å². The predicted molar refractivity (Wildman–Crippen MR) is 85.8 cm³/mol. The first kappa shape index (κ1) is 18.8. The molecule has 25 heavy (non-hydrogen) atoms. The molecule has 0 unspecified atom stereocenters. The Labute approximate surface area is 146 Å². The highest BCUT2D eigenvalue weighted by Gasteiger charge is 2.37. The fourth-order valence-electron chi connectivity index (χ4n) is 2.06. The Hall–Kier alpha value is -2.54. The van der Waals surface area contributed by atoms with Crippen LogP contribution < -0.4 is 4.90 Å². The van der Waals surface area contributed by atoms with Crippen molar-refractivity contribution in [1.82, 2.24) is 14.8 Å². The second-order valence-electron chi connectivity index (χ2n) is 4.94. The zero-order chi connectivity index (χ0) is 18.4. The summed E-state index contributed by atoms with van der Waals surface area (Å²) in [6.07, 6.45) is -4.46. The van der Waals surface area contributed by atoms with Crippen LogP contribution in [0.4, 0.5) is 18.9 Å². The summed E-state index contributed by atoms with van der Waals surface area (Å²) in [5.41, 5.74) is 0.622. The Balaban J connectivity index is 2.09. The molecule has 1 aromatic heterocycles. The molecule has 10 heteroatoms. The van der Waals surface area contributed by atoms with E-state index in [-0.39, 0.29) is 29.8 Å². The number of alkyl halides is 3. The predicted octanol–water partition coefficient (Wildman–Crippen LogP) is 2.87. The number of carbonyl (C=O) groups excluding carboxylic acids is 1. The van der Waals surface area contributed by atoms with E-state index in [4.69, 9.17) is 5.26 Å². The van der Waals surface area contributed by atoms with Gasteiger partial charge in [-0.25, -0.2) is 0 Å². The number of halogens is 3. The summed E-state index contributed by atoms with van der Waals surface area (Å²) >= 11 is 0.864. The summed E-state index contributed by atoms with van der Waals surface area (Å²) in [6, 6.07) is 10.7. The molecule has 1 heterocycles. The number of rotatable bonds is 6. The lowest BCUT2D eigenvalue weighted by Gasteiger charge is -2.21. The van der Waals surface area contributed by atoms with Crippen molar-refractivity contribution >= 4 is 23.4 Å². The van der Waals surface area contributed by atoms with Gasteiger partial charge in [-0.2, -0.15) is 18.4 Å². The maximum Gasteiger partial charge on any atom is 0.451 e. The van der Waals surface area contributed by atoms with Crippen molar-refractivity contribution in [3.63, 3.8) is 0 Å². The fraction of sp³-hybridized carbons (Fsp3) is 0.333. The minimum atomic E-state index is -4.60. The number of hydrogen-bond donors (Lipinski definition) is 0. The minimum Gasteiger partial charge on any atom is -0.311 e. The molecule has 0 saturated heterocycles. The van der Waals surface area contributed by atoms with E-state index in [0.717, 1.165) is 16.3 Å². The molecular formula is C15H14F3N5OS. The number of nitriles is 1. The second kappa shape index (κ2) is 8.02. The minimum absolute atomic E-state index is 0.00558. The molecule has 2 rings (SSSR count). The molecule has 6 nitrogen and oxygen atoms in total. The average molecular weight is 369 g/mol. The van der Waals surface area contributed by atoms with Gasteiger partial charge in [0.25, 0.3) is 0 Å². The topological polar surface area (TPSA) is 74.8 Å². The maximum atomic E-state index is 12.7. The molecule has 0 bridgehead atoms. The number of benzene rings is 1. The highest BCUT2D eigenvalue weighted by atomic mass is 32.2. The quantitative estimate of drug-likeness (QED) is 0.732. The SMILES string of the molecule is Cn1c(SCC(=O)N(CCC#N)c2ccccc2)nnc1C(F)(F)F. The summed E-state index contributed by atoms with van der Waals surface area (Å²) < 4.78 is 38.9. The molecule has 132 valence electrons. The van der Waals surface area contributed by atoms with Crippen LogP contribution in [0.1, 0.15) is 12.2 Å². The van der Waals surface area contributed by atoms with Crippen molar-refractivity contribution in [2.75, 3.05) is 17.2 Å². The summed E-state index contributed by atoms with van der Waals surface area (Å²) in [5.74, 6) is -1.57. The smallest absolute Gasteiger partial charge is 0.311 e. The third-order valence-electron chi connectivity index (χ3n) is 3.23. The van der Waals surface area contributed by atoms with Crippen LogP contribution in [0.25, 0.3) is 0 Å². The lowest BCUT2D eigenvalue weighted by Crippen LogP contribution is -2.33. The number of thioether (sulfide) groups is 1. The first-order chi connectivity index (χ1) is 11.8. The van der Waals surface area contributed by atoms with E-state index in [2.05, 4.69) is 10.2 Å². The Morgan fingerprint density at radius 3 is 2.56 bits per heavy atom. The van der Waals surface area contributed by atoms with E-state index in [9.17, 15) is 18.0 Å². The van der Waals surface area contributed by atoms with Crippen LogP contribution >= 0.6 is 11.8 Å². The zero-order valence-corrected chi connectivity index (χ0v) is 14.0. The van der Waals surface area contributed by atoms with E-state index in [1.807, 2.05) is 6.07 Å². The van der Waals surface area contributed by atoms with Crippen LogP contribution in [-0.4, -0.2) is 33.0 Å². The van der Waals surface area contributed by atoms with Crippen LogP contribution in [0, 0.1) is 11.3 Å². The van der Waals surface area contributed by atoms with Crippen LogP contribution in [0.3, 0.4) is 0 Å².